The molecule has 1 unspecified atom stereocenters. The molecule has 0 spiro atoms. The number of hydrogen-bond donors (Lipinski definition) is 2. The van der Waals surface area contributed by atoms with Crippen LogP contribution < -0.4 is 15.4 Å². The number of hydrogen-bond acceptors (Lipinski definition) is 7. The van der Waals surface area contributed by atoms with Gasteiger partial charge in [0.05, 0.1) is 18.4 Å². The summed E-state index contributed by atoms with van der Waals surface area (Å²) < 4.78 is 7.75. The molecular weight excluding hydrogens is 436 g/mol. The fourth-order valence-corrected chi connectivity index (χ4v) is 4.77. The lowest BCUT2D eigenvalue weighted by molar-refractivity contribution is -0.136. The van der Waals surface area contributed by atoms with Gasteiger partial charge in [-0.3, -0.25) is 19.7 Å². The Kier molecular flexibility index (Phi) is 4.79. The van der Waals surface area contributed by atoms with Gasteiger partial charge in [0.25, 0.3) is 5.91 Å². The monoisotopic (exact) mass is 458 g/mol. The van der Waals surface area contributed by atoms with E-state index in [1.165, 1.54) is 10.5 Å². The third kappa shape index (κ3) is 3.47. The van der Waals surface area contributed by atoms with Crippen LogP contribution in [0.25, 0.3) is 5.69 Å². The topological polar surface area (TPSA) is 118 Å². The van der Waals surface area contributed by atoms with E-state index in [0.29, 0.717) is 23.4 Å². The molecule has 3 aromatic rings. The fraction of sp³-hybridized carbons (Fsp3) is 0.292. The van der Waals surface area contributed by atoms with Crippen molar-refractivity contribution in [1.82, 2.24) is 25.2 Å². The molecule has 1 fully saturated rings. The predicted octanol–water partition coefficient (Wildman–Crippen LogP) is 1.58. The van der Waals surface area contributed by atoms with Crippen molar-refractivity contribution < 1.29 is 19.1 Å². The molecule has 3 aliphatic rings. The van der Waals surface area contributed by atoms with E-state index in [1.54, 1.807) is 22.9 Å². The first-order valence-electron chi connectivity index (χ1n) is 11.2. The van der Waals surface area contributed by atoms with Crippen LogP contribution in [0.4, 0.5) is 5.69 Å². The van der Waals surface area contributed by atoms with Crippen LogP contribution in [0, 0.1) is 0 Å². The molecule has 3 amide bonds. The molecule has 34 heavy (non-hydrogen) atoms. The molecule has 1 saturated heterocycles. The van der Waals surface area contributed by atoms with Crippen molar-refractivity contribution in [2.75, 3.05) is 11.9 Å². The summed E-state index contributed by atoms with van der Waals surface area (Å²) in [5, 5.41) is 14.1. The molecule has 3 aliphatic heterocycles. The molecule has 4 heterocycles. The summed E-state index contributed by atoms with van der Waals surface area (Å²) in [5.41, 5.74) is 5.25. The van der Waals surface area contributed by atoms with Crippen molar-refractivity contribution in [3.8, 4) is 11.4 Å². The lowest BCUT2D eigenvalue weighted by Gasteiger charge is -2.29. The second kappa shape index (κ2) is 7.98. The molecule has 2 aromatic carbocycles. The fourth-order valence-electron chi connectivity index (χ4n) is 4.77. The van der Waals surface area contributed by atoms with Gasteiger partial charge in [0.15, 0.2) is 0 Å². The number of aromatic nitrogens is 3. The zero-order valence-corrected chi connectivity index (χ0v) is 18.3. The highest BCUT2D eigenvalue weighted by molar-refractivity contribution is 6.05. The van der Waals surface area contributed by atoms with E-state index >= 15 is 0 Å². The number of ether oxygens (including phenoxy) is 1. The van der Waals surface area contributed by atoms with Gasteiger partial charge in [-0.05, 0) is 48.7 Å². The van der Waals surface area contributed by atoms with Crippen LogP contribution >= 0.6 is 0 Å². The molecule has 172 valence electrons. The highest BCUT2D eigenvalue weighted by Crippen LogP contribution is 2.34. The zero-order valence-electron chi connectivity index (χ0n) is 18.3. The van der Waals surface area contributed by atoms with Crippen molar-refractivity contribution >= 4 is 23.4 Å². The van der Waals surface area contributed by atoms with E-state index in [2.05, 4.69) is 27.0 Å². The number of carbonyl (C=O) groups excluding carboxylic acids is 3. The largest absolute Gasteiger partial charge is 0.487 e. The number of carbonyl (C=O) groups is 3. The van der Waals surface area contributed by atoms with Crippen LogP contribution in [0.1, 0.15) is 40.0 Å². The van der Waals surface area contributed by atoms with Gasteiger partial charge in [-0.25, -0.2) is 4.68 Å². The molecule has 0 radical (unpaired) electrons. The second-order valence-corrected chi connectivity index (χ2v) is 8.64. The van der Waals surface area contributed by atoms with Crippen molar-refractivity contribution in [2.24, 2.45) is 0 Å². The third-order valence-electron chi connectivity index (χ3n) is 6.52. The van der Waals surface area contributed by atoms with Crippen LogP contribution in [0.15, 0.2) is 42.6 Å². The van der Waals surface area contributed by atoms with Crippen LogP contribution in [-0.4, -0.2) is 50.2 Å². The minimum absolute atomic E-state index is 0.190. The number of rotatable bonds is 5. The number of fused-ring (bicyclic) bond motifs is 2. The first kappa shape index (κ1) is 20.4. The van der Waals surface area contributed by atoms with Gasteiger partial charge in [0.1, 0.15) is 24.1 Å². The van der Waals surface area contributed by atoms with E-state index < -0.39 is 11.9 Å². The number of amides is 3. The Morgan fingerprint density at radius 1 is 1.12 bits per heavy atom. The quantitative estimate of drug-likeness (QED) is 0.557. The SMILES string of the molecule is O=C1CCC(N2Cc3c(OCc4cn(-c5ccc6c(c5)CCN6)nn4)cccc3C2=O)C(=O)N1. The maximum atomic E-state index is 13.0. The average molecular weight is 458 g/mol. The average Bonchev–Trinajstić information content (AvgIpc) is 3.57. The summed E-state index contributed by atoms with van der Waals surface area (Å²) in [5.74, 6) is -0.399. The van der Waals surface area contributed by atoms with Crippen LogP contribution in [0.2, 0.25) is 0 Å². The number of nitrogens with one attached hydrogen (secondary N) is 2. The number of imide groups is 1. The van der Waals surface area contributed by atoms with Crippen molar-refractivity contribution in [3.63, 3.8) is 0 Å². The van der Waals surface area contributed by atoms with Gasteiger partial charge in [0, 0.05) is 29.8 Å². The van der Waals surface area contributed by atoms with Crippen LogP contribution in [-0.2, 0) is 29.2 Å². The molecule has 10 nitrogen and oxygen atoms in total. The molecule has 0 bridgehead atoms. The summed E-state index contributed by atoms with van der Waals surface area (Å²) in [4.78, 5) is 38.2. The number of anilines is 1. The molecule has 1 atom stereocenters. The highest BCUT2D eigenvalue weighted by Gasteiger charge is 2.40. The van der Waals surface area contributed by atoms with Gasteiger partial charge >= 0.3 is 0 Å². The van der Waals surface area contributed by atoms with Crippen molar-refractivity contribution in [1.29, 1.82) is 0 Å². The molecule has 6 rings (SSSR count). The summed E-state index contributed by atoms with van der Waals surface area (Å²) in [6.45, 7) is 1.39. The smallest absolute Gasteiger partial charge is 0.255 e. The number of nitrogens with zero attached hydrogens (tertiary/aromatic N) is 4. The van der Waals surface area contributed by atoms with E-state index in [4.69, 9.17) is 4.74 Å². The minimum Gasteiger partial charge on any atom is -0.487 e. The van der Waals surface area contributed by atoms with Gasteiger partial charge in [-0.1, -0.05) is 11.3 Å². The van der Waals surface area contributed by atoms with E-state index in [0.717, 1.165) is 29.9 Å². The maximum Gasteiger partial charge on any atom is 0.255 e. The molecule has 0 saturated carbocycles. The summed E-state index contributed by atoms with van der Waals surface area (Å²) >= 11 is 0. The normalized spacial score (nSPS) is 19.0. The highest BCUT2D eigenvalue weighted by atomic mass is 16.5. The Morgan fingerprint density at radius 3 is 2.91 bits per heavy atom. The van der Waals surface area contributed by atoms with E-state index in [1.807, 2.05) is 18.3 Å². The second-order valence-electron chi connectivity index (χ2n) is 8.64. The lowest BCUT2D eigenvalue weighted by atomic mass is 10.0. The zero-order chi connectivity index (χ0) is 23.2. The minimum atomic E-state index is -0.659. The van der Waals surface area contributed by atoms with Gasteiger partial charge < -0.3 is 15.0 Å². The number of benzene rings is 2. The number of piperidine rings is 1. The summed E-state index contributed by atoms with van der Waals surface area (Å²) in [6, 6.07) is 10.8. The van der Waals surface area contributed by atoms with Crippen LogP contribution in [0.5, 0.6) is 5.75 Å². The Labute approximate surface area is 194 Å². The molecule has 10 heteroatoms. The van der Waals surface area contributed by atoms with Gasteiger partial charge in [0.2, 0.25) is 11.8 Å². The molecule has 2 N–H and O–H groups in total. The van der Waals surface area contributed by atoms with Gasteiger partial charge in [-0.15, -0.1) is 5.10 Å². The van der Waals surface area contributed by atoms with E-state index in [9.17, 15) is 14.4 Å². The first-order chi connectivity index (χ1) is 16.6. The Hall–Kier alpha value is -4.21. The lowest BCUT2D eigenvalue weighted by Crippen LogP contribution is -2.52. The molecule has 1 aromatic heterocycles. The summed E-state index contributed by atoms with van der Waals surface area (Å²) in [6.07, 6.45) is 3.36. The standard InChI is InChI=1S/C24H22N6O4/c31-22-7-6-20(23(32)26-22)29-12-18-17(24(29)33)2-1-3-21(18)34-13-15-11-30(28-27-15)16-4-5-19-14(10-16)8-9-25-19/h1-5,10-11,20,25H,6-9,12-13H2,(H,26,31,32). The summed E-state index contributed by atoms with van der Waals surface area (Å²) in [7, 11) is 0. The Balaban J connectivity index is 1.17. The van der Waals surface area contributed by atoms with Crippen molar-refractivity contribution in [2.45, 2.75) is 38.5 Å². The first-order valence-corrected chi connectivity index (χ1v) is 11.2. The molecule has 0 aliphatic carbocycles. The predicted molar refractivity (Wildman–Crippen MR) is 120 cm³/mol. The Morgan fingerprint density at radius 2 is 2.03 bits per heavy atom. The Bertz CT molecular complexity index is 1330. The molecular formula is C24H22N6O4. The maximum absolute atomic E-state index is 13.0. The van der Waals surface area contributed by atoms with Crippen LogP contribution in [0.3, 0.4) is 0 Å². The third-order valence-corrected chi connectivity index (χ3v) is 6.52. The van der Waals surface area contributed by atoms with Crippen molar-refractivity contribution in [3.05, 3.63) is 65.0 Å². The van der Waals surface area contributed by atoms with E-state index in [-0.39, 0.29) is 31.4 Å². The van der Waals surface area contributed by atoms with Gasteiger partial charge in [-0.2, -0.15) is 0 Å².